The summed E-state index contributed by atoms with van der Waals surface area (Å²) in [5.74, 6) is 0.813. The van der Waals surface area contributed by atoms with Crippen molar-refractivity contribution in [1.82, 2.24) is 14.9 Å². The number of anilines is 2. The van der Waals surface area contributed by atoms with Gasteiger partial charge >= 0.3 is 0 Å². The summed E-state index contributed by atoms with van der Waals surface area (Å²) < 4.78 is 0. The van der Waals surface area contributed by atoms with Gasteiger partial charge in [0.2, 0.25) is 5.95 Å². The first-order valence-corrected chi connectivity index (χ1v) is 7.06. The van der Waals surface area contributed by atoms with Crippen LogP contribution in [0.15, 0.2) is 23.6 Å². The van der Waals surface area contributed by atoms with Gasteiger partial charge in [0.05, 0.1) is 6.04 Å². The summed E-state index contributed by atoms with van der Waals surface area (Å²) in [4.78, 5) is 11.4. The summed E-state index contributed by atoms with van der Waals surface area (Å²) in [5.41, 5.74) is 5.57. The van der Waals surface area contributed by atoms with E-state index in [9.17, 15) is 0 Å². The van der Waals surface area contributed by atoms with Gasteiger partial charge in [-0.25, -0.2) is 4.98 Å². The number of nitrogens with zero attached hydrogens (tertiary/aromatic N) is 3. The van der Waals surface area contributed by atoms with Crippen LogP contribution >= 0.6 is 22.9 Å². The molecule has 1 atom stereocenters. The lowest BCUT2D eigenvalue weighted by molar-refractivity contribution is 0.316. The van der Waals surface area contributed by atoms with Crippen LogP contribution in [0.3, 0.4) is 0 Å². The van der Waals surface area contributed by atoms with Gasteiger partial charge in [-0.1, -0.05) is 17.7 Å². The Bertz CT molecular complexity index is 509. The second-order valence-corrected chi connectivity index (χ2v) is 5.68. The fraction of sp³-hybridized carbons (Fsp3) is 0.333. The molecular weight excluding hydrogens is 282 g/mol. The number of nitrogens with two attached hydrogens (primary N) is 1. The lowest BCUT2D eigenvalue weighted by Crippen LogP contribution is -2.26. The Kier molecular flexibility index (Phi) is 4.57. The van der Waals surface area contributed by atoms with Crippen LogP contribution < -0.4 is 11.1 Å². The minimum absolute atomic E-state index is 0.174. The lowest BCUT2D eigenvalue weighted by Gasteiger charge is -2.23. The fourth-order valence-electron chi connectivity index (χ4n) is 1.75. The number of halogens is 1. The summed E-state index contributed by atoms with van der Waals surface area (Å²) in [6, 6.07) is 6.11. The van der Waals surface area contributed by atoms with Gasteiger partial charge in [0.1, 0.15) is 11.0 Å². The van der Waals surface area contributed by atoms with Crippen LogP contribution in [0.5, 0.6) is 0 Å². The SMILES string of the molecule is CN(C)[C@H](CNc1cc(Cl)nc(N)n1)c1cccs1. The Morgan fingerprint density at radius 2 is 2.26 bits per heavy atom. The average molecular weight is 298 g/mol. The molecule has 0 amide bonds. The van der Waals surface area contributed by atoms with E-state index in [0.717, 1.165) is 6.54 Å². The highest BCUT2D eigenvalue weighted by atomic mass is 35.5. The molecule has 0 radical (unpaired) electrons. The molecule has 0 aliphatic rings. The van der Waals surface area contributed by atoms with Gasteiger partial charge in [-0.05, 0) is 25.5 Å². The smallest absolute Gasteiger partial charge is 0.223 e. The molecule has 0 unspecified atom stereocenters. The minimum Gasteiger partial charge on any atom is -0.368 e. The average Bonchev–Trinajstić information content (AvgIpc) is 2.81. The molecule has 2 rings (SSSR count). The number of hydrogen-bond acceptors (Lipinski definition) is 6. The maximum absolute atomic E-state index is 5.85. The van der Waals surface area contributed by atoms with Crippen molar-refractivity contribution in [2.24, 2.45) is 0 Å². The predicted molar refractivity (Wildman–Crippen MR) is 80.7 cm³/mol. The normalized spacial score (nSPS) is 12.6. The summed E-state index contributed by atoms with van der Waals surface area (Å²) in [6.07, 6.45) is 0. The van der Waals surface area contributed by atoms with Crippen molar-refractivity contribution in [3.63, 3.8) is 0 Å². The molecule has 0 bridgehead atoms. The van der Waals surface area contributed by atoms with Gasteiger partial charge < -0.3 is 16.0 Å². The maximum atomic E-state index is 5.85. The number of likely N-dealkylation sites (N-methyl/N-ethyl adjacent to an activating group) is 1. The molecule has 7 heteroatoms. The standard InChI is InChI=1S/C12H16ClN5S/c1-18(2)8(9-4-3-5-19-9)7-15-11-6-10(13)16-12(14)17-11/h3-6,8H,7H2,1-2H3,(H3,14,15,16,17)/t8-/m1/s1. The Labute approximate surface area is 121 Å². The van der Waals surface area contributed by atoms with E-state index in [1.165, 1.54) is 4.88 Å². The van der Waals surface area contributed by atoms with Crippen LogP contribution in [0.2, 0.25) is 5.15 Å². The predicted octanol–water partition coefficient (Wildman–Crippen LogP) is 2.49. The molecule has 2 aromatic rings. The van der Waals surface area contributed by atoms with Crippen LogP contribution in [0.25, 0.3) is 0 Å². The number of aromatic nitrogens is 2. The number of thiophene rings is 1. The monoisotopic (exact) mass is 297 g/mol. The molecule has 0 saturated heterocycles. The van der Waals surface area contributed by atoms with Crippen LogP contribution in [0, 0.1) is 0 Å². The zero-order chi connectivity index (χ0) is 13.8. The van der Waals surface area contributed by atoms with Crippen LogP contribution in [-0.2, 0) is 0 Å². The Balaban J connectivity index is 2.07. The van der Waals surface area contributed by atoms with Crippen molar-refractivity contribution in [2.45, 2.75) is 6.04 Å². The molecule has 5 nitrogen and oxygen atoms in total. The first-order valence-electron chi connectivity index (χ1n) is 5.80. The quantitative estimate of drug-likeness (QED) is 0.830. The third kappa shape index (κ3) is 3.79. The van der Waals surface area contributed by atoms with E-state index in [4.69, 9.17) is 17.3 Å². The number of hydrogen-bond donors (Lipinski definition) is 2. The minimum atomic E-state index is 0.174. The zero-order valence-corrected chi connectivity index (χ0v) is 12.4. The molecular formula is C12H16ClN5S. The first kappa shape index (κ1) is 14.0. The molecule has 0 aliphatic carbocycles. The van der Waals surface area contributed by atoms with Gasteiger partial charge in [0.15, 0.2) is 0 Å². The van der Waals surface area contributed by atoms with Crippen molar-refractivity contribution in [1.29, 1.82) is 0 Å². The second kappa shape index (κ2) is 6.18. The molecule has 0 spiro atoms. The largest absolute Gasteiger partial charge is 0.368 e. The van der Waals surface area contributed by atoms with Crippen molar-refractivity contribution >= 4 is 34.7 Å². The molecule has 2 heterocycles. The summed E-state index contributed by atoms with van der Waals surface area (Å²) in [6.45, 7) is 0.723. The maximum Gasteiger partial charge on any atom is 0.223 e. The third-order valence-electron chi connectivity index (χ3n) is 2.68. The fourth-order valence-corrected chi connectivity index (χ4v) is 2.86. The van der Waals surface area contributed by atoms with E-state index in [1.807, 2.05) is 14.1 Å². The molecule has 0 aliphatic heterocycles. The molecule has 0 fully saturated rings. The Morgan fingerprint density at radius 3 is 2.84 bits per heavy atom. The highest BCUT2D eigenvalue weighted by molar-refractivity contribution is 7.10. The molecule has 102 valence electrons. The number of nitrogen functional groups attached to an aromatic ring is 1. The summed E-state index contributed by atoms with van der Waals surface area (Å²) in [5, 5.41) is 5.66. The van der Waals surface area contributed by atoms with Crippen LogP contribution in [0.1, 0.15) is 10.9 Å². The topological polar surface area (TPSA) is 67.1 Å². The highest BCUT2D eigenvalue weighted by Crippen LogP contribution is 2.23. The molecule has 19 heavy (non-hydrogen) atoms. The van der Waals surface area contributed by atoms with E-state index in [2.05, 4.69) is 37.7 Å². The summed E-state index contributed by atoms with van der Waals surface area (Å²) in [7, 11) is 4.10. The van der Waals surface area contributed by atoms with Crippen LogP contribution in [0.4, 0.5) is 11.8 Å². The van der Waals surface area contributed by atoms with Crippen molar-refractivity contribution in [3.05, 3.63) is 33.6 Å². The Morgan fingerprint density at radius 1 is 1.47 bits per heavy atom. The molecule has 3 N–H and O–H groups in total. The van der Waals surface area contributed by atoms with Gasteiger partial charge in [-0.15, -0.1) is 11.3 Å². The first-order chi connectivity index (χ1) is 9.06. The lowest BCUT2D eigenvalue weighted by atomic mass is 10.2. The van der Waals surface area contributed by atoms with Crippen molar-refractivity contribution < 1.29 is 0 Å². The van der Waals surface area contributed by atoms with Gasteiger partial charge in [0.25, 0.3) is 0 Å². The van der Waals surface area contributed by atoms with E-state index in [1.54, 1.807) is 17.4 Å². The van der Waals surface area contributed by atoms with Crippen LogP contribution in [-0.4, -0.2) is 35.5 Å². The third-order valence-corrected chi connectivity index (χ3v) is 3.85. The van der Waals surface area contributed by atoms with Crippen molar-refractivity contribution in [3.8, 4) is 0 Å². The van der Waals surface area contributed by atoms with Gasteiger partial charge in [-0.2, -0.15) is 4.98 Å². The summed E-state index contributed by atoms with van der Waals surface area (Å²) >= 11 is 7.58. The van der Waals surface area contributed by atoms with E-state index in [-0.39, 0.29) is 12.0 Å². The molecule has 2 aromatic heterocycles. The molecule has 0 saturated carbocycles. The zero-order valence-electron chi connectivity index (χ0n) is 10.8. The number of rotatable bonds is 5. The van der Waals surface area contributed by atoms with E-state index in [0.29, 0.717) is 11.0 Å². The number of nitrogens with one attached hydrogen (secondary N) is 1. The molecule has 0 aromatic carbocycles. The van der Waals surface area contributed by atoms with E-state index >= 15 is 0 Å². The van der Waals surface area contributed by atoms with Crippen molar-refractivity contribution in [2.75, 3.05) is 31.7 Å². The van der Waals surface area contributed by atoms with Gasteiger partial charge in [0, 0.05) is 17.5 Å². The highest BCUT2D eigenvalue weighted by Gasteiger charge is 2.15. The van der Waals surface area contributed by atoms with E-state index < -0.39 is 0 Å². The second-order valence-electron chi connectivity index (χ2n) is 4.31. The Hall–Kier alpha value is -1.37. The van der Waals surface area contributed by atoms with Gasteiger partial charge in [-0.3, -0.25) is 0 Å².